The average molecular weight is 200 g/mol. The summed E-state index contributed by atoms with van der Waals surface area (Å²) in [5, 5.41) is 9.15. The number of methoxy groups -OCH3 is 1. The van der Waals surface area contributed by atoms with Crippen molar-refractivity contribution in [1.82, 2.24) is 0 Å². The molecule has 0 saturated heterocycles. The predicted molar refractivity (Wildman–Crippen MR) is 49.6 cm³/mol. The number of aliphatic carboxylic acids is 1. The molecule has 2 unspecified atom stereocenters. The van der Waals surface area contributed by atoms with E-state index in [0.29, 0.717) is 6.42 Å². The van der Waals surface area contributed by atoms with Gasteiger partial charge in [0.2, 0.25) is 0 Å². The first-order chi connectivity index (χ1) is 6.27. The van der Waals surface area contributed by atoms with E-state index in [2.05, 4.69) is 4.74 Å². The van der Waals surface area contributed by atoms with Gasteiger partial charge in [-0.2, -0.15) is 0 Å². The van der Waals surface area contributed by atoms with E-state index in [-0.39, 0.29) is 0 Å². The van der Waals surface area contributed by atoms with Gasteiger partial charge in [0.05, 0.1) is 18.4 Å². The van der Waals surface area contributed by atoms with Crippen molar-refractivity contribution in [2.24, 2.45) is 16.7 Å². The van der Waals surface area contributed by atoms with E-state index in [4.69, 9.17) is 5.11 Å². The Balaban J connectivity index is 2.93. The Morgan fingerprint density at radius 1 is 1.43 bits per heavy atom. The molecule has 1 aliphatic carbocycles. The Morgan fingerprint density at radius 2 is 1.93 bits per heavy atom. The molecule has 0 aromatic heterocycles. The van der Waals surface area contributed by atoms with Crippen molar-refractivity contribution in [3.8, 4) is 0 Å². The van der Waals surface area contributed by atoms with Gasteiger partial charge < -0.3 is 9.84 Å². The Hall–Kier alpha value is -1.06. The lowest BCUT2D eigenvalue weighted by Gasteiger charge is -2.27. The molecule has 0 aromatic carbocycles. The fourth-order valence-corrected chi connectivity index (χ4v) is 2.08. The summed E-state index contributed by atoms with van der Waals surface area (Å²) in [6, 6.07) is 0. The molecule has 4 nitrogen and oxygen atoms in total. The van der Waals surface area contributed by atoms with Crippen LogP contribution in [-0.2, 0) is 14.3 Å². The zero-order chi connectivity index (χ0) is 11.1. The molecule has 0 amide bonds. The van der Waals surface area contributed by atoms with Gasteiger partial charge in [0.1, 0.15) is 0 Å². The van der Waals surface area contributed by atoms with Gasteiger partial charge in [0.15, 0.2) is 0 Å². The number of carbonyl (C=O) groups excluding carboxylic acids is 1. The zero-order valence-corrected chi connectivity index (χ0v) is 8.96. The largest absolute Gasteiger partial charge is 0.481 e. The number of rotatable bonds is 2. The van der Waals surface area contributed by atoms with E-state index in [1.807, 2.05) is 20.8 Å². The smallest absolute Gasteiger partial charge is 0.311 e. The van der Waals surface area contributed by atoms with Crippen molar-refractivity contribution in [1.29, 1.82) is 0 Å². The Labute approximate surface area is 83.2 Å². The highest BCUT2D eigenvalue weighted by molar-refractivity contribution is 5.90. The molecule has 0 aromatic rings. The molecule has 0 aliphatic heterocycles. The molecular weight excluding hydrogens is 184 g/mol. The fraction of sp³-hybridized carbons (Fsp3) is 0.800. The second kappa shape index (κ2) is 2.97. The summed E-state index contributed by atoms with van der Waals surface area (Å²) < 4.78 is 4.57. The van der Waals surface area contributed by atoms with Crippen LogP contribution >= 0.6 is 0 Å². The van der Waals surface area contributed by atoms with Crippen molar-refractivity contribution in [2.45, 2.75) is 27.2 Å². The fourth-order valence-electron chi connectivity index (χ4n) is 2.08. The minimum Gasteiger partial charge on any atom is -0.481 e. The third-order valence-electron chi connectivity index (χ3n) is 3.17. The molecule has 1 saturated carbocycles. The lowest BCUT2D eigenvalue weighted by Crippen LogP contribution is -2.34. The highest BCUT2D eigenvalue weighted by Gasteiger charge is 2.70. The van der Waals surface area contributed by atoms with Gasteiger partial charge in [-0.3, -0.25) is 9.59 Å². The van der Waals surface area contributed by atoms with Crippen LogP contribution in [0.15, 0.2) is 0 Å². The standard InChI is InChI=1S/C10H16O4/c1-9(2,3)10(8(12)13)5-6(10)7(11)14-4/h6H,5H2,1-4H3,(H,12,13). The summed E-state index contributed by atoms with van der Waals surface area (Å²) in [5.74, 6) is -1.80. The first-order valence-corrected chi connectivity index (χ1v) is 4.58. The lowest BCUT2D eigenvalue weighted by atomic mass is 9.76. The van der Waals surface area contributed by atoms with Crippen LogP contribution in [-0.4, -0.2) is 24.2 Å². The topological polar surface area (TPSA) is 63.6 Å². The number of carboxylic acids is 1. The predicted octanol–water partition coefficient (Wildman–Crippen LogP) is 1.30. The normalized spacial score (nSPS) is 31.0. The second-order valence-electron chi connectivity index (χ2n) is 4.81. The number of carbonyl (C=O) groups is 2. The highest BCUT2D eigenvalue weighted by Crippen LogP contribution is 2.63. The van der Waals surface area contributed by atoms with Gasteiger partial charge in [-0.25, -0.2) is 0 Å². The van der Waals surface area contributed by atoms with Gasteiger partial charge in [0, 0.05) is 0 Å². The molecule has 14 heavy (non-hydrogen) atoms. The molecule has 2 atom stereocenters. The summed E-state index contributed by atoms with van der Waals surface area (Å²) >= 11 is 0. The van der Waals surface area contributed by atoms with E-state index in [9.17, 15) is 9.59 Å². The molecule has 4 heteroatoms. The first-order valence-electron chi connectivity index (χ1n) is 4.58. The zero-order valence-electron chi connectivity index (χ0n) is 8.96. The maximum absolute atomic E-state index is 11.3. The SMILES string of the molecule is COC(=O)C1CC1(C(=O)O)C(C)(C)C. The van der Waals surface area contributed by atoms with Crippen LogP contribution in [0.2, 0.25) is 0 Å². The second-order valence-corrected chi connectivity index (χ2v) is 4.81. The quantitative estimate of drug-likeness (QED) is 0.682. The van der Waals surface area contributed by atoms with Crippen LogP contribution in [0.1, 0.15) is 27.2 Å². The van der Waals surface area contributed by atoms with Crippen molar-refractivity contribution in [2.75, 3.05) is 7.11 Å². The Bertz CT molecular complexity index is 276. The summed E-state index contributed by atoms with van der Waals surface area (Å²) in [5.41, 5.74) is -1.35. The van der Waals surface area contributed by atoms with Crippen molar-refractivity contribution < 1.29 is 19.4 Å². The minimum atomic E-state index is -0.930. The molecule has 0 bridgehead atoms. The molecule has 1 rings (SSSR count). The average Bonchev–Trinajstić information content (AvgIpc) is 2.77. The third-order valence-corrected chi connectivity index (χ3v) is 3.17. The molecule has 1 N–H and O–H groups in total. The van der Waals surface area contributed by atoms with Gasteiger partial charge in [-0.15, -0.1) is 0 Å². The molecule has 80 valence electrons. The summed E-state index contributed by atoms with van der Waals surface area (Å²) in [7, 11) is 1.29. The van der Waals surface area contributed by atoms with Crippen molar-refractivity contribution in [3.63, 3.8) is 0 Å². The van der Waals surface area contributed by atoms with E-state index >= 15 is 0 Å². The van der Waals surface area contributed by atoms with Crippen LogP contribution < -0.4 is 0 Å². The van der Waals surface area contributed by atoms with Crippen LogP contribution in [0, 0.1) is 16.7 Å². The van der Waals surface area contributed by atoms with Crippen LogP contribution in [0.4, 0.5) is 0 Å². The van der Waals surface area contributed by atoms with Gasteiger partial charge >= 0.3 is 11.9 Å². The van der Waals surface area contributed by atoms with Crippen molar-refractivity contribution >= 4 is 11.9 Å². The Kier molecular flexibility index (Phi) is 2.34. The molecule has 0 radical (unpaired) electrons. The number of hydrogen-bond donors (Lipinski definition) is 1. The van der Waals surface area contributed by atoms with Crippen molar-refractivity contribution in [3.05, 3.63) is 0 Å². The van der Waals surface area contributed by atoms with Gasteiger partial charge in [-0.1, -0.05) is 20.8 Å². The maximum Gasteiger partial charge on any atom is 0.311 e. The van der Waals surface area contributed by atoms with Crippen LogP contribution in [0.25, 0.3) is 0 Å². The molecular formula is C10H16O4. The Morgan fingerprint density at radius 3 is 2.14 bits per heavy atom. The number of esters is 1. The molecule has 0 heterocycles. The molecule has 1 aliphatic rings. The maximum atomic E-state index is 11.3. The van der Waals surface area contributed by atoms with Crippen LogP contribution in [0.5, 0.6) is 0 Å². The van der Waals surface area contributed by atoms with E-state index in [1.165, 1.54) is 7.11 Å². The summed E-state index contributed by atoms with van der Waals surface area (Å²) in [4.78, 5) is 22.4. The molecule has 0 spiro atoms. The monoisotopic (exact) mass is 200 g/mol. The van der Waals surface area contributed by atoms with Gasteiger partial charge in [0.25, 0.3) is 0 Å². The number of carboxylic acid groups (broad SMARTS) is 1. The van der Waals surface area contributed by atoms with Gasteiger partial charge in [-0.05, 0) is 11.8 Å². The first kappa shape index (κ1) is 11.0. The van der Waals surface area contributed by atoms with E-state index < -0.39 is 28.7 Å². The summed E-state index contributed by atoms with van der Waals surface area (Å²) in [6.07, 6.45) is 0.387. The summed E-state index contributed by atoms with van der Waals surface area (Å²) in [6.45, 7) is 5.51. The lowest BCUT2D eigenvalue weighted by molar-refractivity contribution is -0.154. The van der Waals surface area contributed by atoms with E-state index in [0.717, 1.165) is 0 Å². The minimum absolute atomic E-state index is 0.387. The third kappa shape index (κ3) is 1.29. The number of ether oxygens (including phenoxy) is 1. The van der Waals surface area contributed by atoms with Crippen LogP contribution in [0.3, 0.4) is 0 Å². The number of hydrogen-bond acceptors (Lipinski definition) is 3. The molecule has 1 fully saturated rings. The highest BCUT2D eigenvalue weighted by atomic mass is 16.5. The van der Waals surface area contributed by atoms with E-state index in [1.54, 1.807) is 0 Å².